The summed E-state index contributed by atoms with van der Waals surface area (Å²) >= 11 is 0. The first-order chi connectivity index (χ1) is 10.1. The number of hydrogen-bond donors (Lipinski definition) is 1. The van der Waals surface area contributed by atoms with Gasteiger partial charge in [0.2, 0.25) is 0 Å². The molecule has 0 aromatic heterocycles. The monoisotopic (exact) mass is 296 g/mol. The molecule has 0 aliphatic heterocycles. The van der Waals surface area contributed by atoms with Gasteiger partial charge in [-0.1, -0.05) is 90.1 Å². The molecule has 0 saturated heterocycles. The van der Waals surface area contributed by atoms with Crippen molar-refractivity contribution in [3.8, 4) is 0 Å². The van der Waals surface area contributed by atoms with Crippen LogP contribution in [0.1, 0.15) is 69.9 Å². The average molecular weight is 296 g/mol. The first kappa shape index (κ1) is 16.8. The van der Waals surface area contributed by atoms with Gasteiger partial charge >= 0.3 is 0 Å². The van der Waals surface area contributed by atoms with Crippen LogP contribution < -0.4 is 0 Å². The molecule has 0 aliphatic carbocycles. The third-order valence-corrected chi connectivity index (χ3v) is 4.18. The Hall–Kier alpha value is -1.60. The molecule has 118 valence electrons. The summed E-state index contributed by atoms with van der Waals surface area (Å²) in [5.74, 6) is 0. The van der Waals surface area contributed by atoms with Crippen molar-refractivity contribution in [3.05, 3.63) is 70.8 Å². The van der Waals surface area contributed by atoms with Crippen LogP contribution in [0.15, 0.2) is 48.5 Å². The molecule has 0 spiro atoms. The molecule has 2 rings (SSSR count). The molecule has 0 bridgehead atoms. The summed E-state index contributed by atoms with van der Waals surface area (Å²) in [6, 6.07) is 16.6. The average Bonchev–Trinajstić information content (AvgIpc) is 2.45. The lowest BCUT2D eigenvalue weighted by atomic mass is 9.85. The molecule has 0 aliphatic rings. The topological polar surface area (TPSA) is 20.2 Å². The van der Waals surface area contributed by atoms with E-state index in [9.17, 15) is 5.11 Å². The van der Waals surface area contributed by atoms with Crippen molar-refractivity contribution in [2.45, 2.75) is 58.5 Å². The Morgan fingerprint density at radius 2 is 0.864 bits per heavy atom. The molecule has 2 aromatic carbocycles. The van der Waals surface area contributed by atoms with Crippen LogP contribution in [0.3, 0.4) is 0 Å². The quantitative estimate of drug-likeness (QED) is 0.790. The minimum absolute atomic E-state index is 0.137. The number of aliphatic hydroxyl groups is 1. The molecule has 1 heteroatoms. The van der Waals surface area contributed by atoms with Crippen LogP contribution in [-0.2, 0) is 10.8 Å². The summed E-state index contributed by atoms with van der Waals surface area (Å²) < 4.78 is 0. The van der Waals surface area contributed by atoms with Crippen molar-refractivity contribution in [1.29, 1.82) is 0 Å². The zero-order valence-corrected chi connectivity index (χ0v) is 14.6. The highest BCUT2D eigenvalue weighted by atomic mass is 16.3. The minimum atomic E-state index is -0.567. The van der Waals surface area contributed by atoms with Crippen molar-refractivity contribution in [2.75, 3.05) is 0 Å². The molecule has 2 aromatic rings. The van der Waals surface area contributed by atoms with Crippen LogP contribution in [0.2, 0.25) is 0 Å². The van der Waals surface area contributed by atoms with Crippen LogP contribution in [0.4, 0.5) is 0 Å². The highest BCUT2D eigenvalue weighted by Crippen LogP contribution is 2.28. The van der Waals surface area contributed by atoms with Gasteiger partial charge in [0, 0.05) is 0 Å². The summed E-state index contributed by atoms with van der Waals surface area (Å²) in [4.78, 5) is 0. The summed E-state index contributed by atoms with van der Waals surface area (Å²) in [6.45, 7) is 13.2. The van der Waals surface area contributed by atoms with Crippen molar-refractivity contribution >= 4 is 0 Å². The van der Waals surface area contributed by atoms with E-state index in [4.69, 9.17) is 0 Å². The Morgan fingerprint density at radius 1 is 0.591 bits per heavy atom. The lowest BCUT2D eigenvalue weighted by Gasteiger charge is -2.21. The maximum absolute atomic E-state index is 10.6. The van der Waals surface area contributed by atoms with E-state index in [1.807, 2.05) is 24.3 Å². The van der Waals surface area contributed by atoms with E-state index in [1.165, 1.54) is 11.1 Å². The Balaban J connectivity index is 2.23. The van der Waals surface area contributed by atoms with Gasteiger partial charge in [0.25, 0.3) is 0 Å². The molecule has 0 radical (unpaired) electrons. The van der Waals surface area contributed by atoms with E-state index in [0.29, 0.717) is 0 Å². The highest BCUT2D eigenvalue weighted by molar-refractivity contribution is 5.36. The smallest absolute Gasteiger partial charge is 0.104 e. The predicted octanol–water partition coefficient (Wildman–Crippen LogP) is 5.36. The molecule has 1 nitrogen and oxygen atoms in total. The van der Waals surface area contributed by atoms with Crippen molar-refractivity contribution in [2.24, 2.45) is 0 Å². The third kappa shape index (κ3) is 3.78. The fourth-order valence-electron chi connectivity index (χ4n) is 2.52. The molecule has 0 atom stereocenters. The Kier molecular flexibility index (Phi) is 4.49. The van der Waals surface area contributed by atoms with E-state index in [1.54, 1.807) is 0 Å². The standard InChI is InChI=1S/C21H28O/c1-20(2,3)17-11-7-15(8-12-17)19(22)16-9-13-18(14-10-16)21(4,5)6/h7-14,19,22H,1-6H3. The molecule has 0 unspecified atom stereocenters. The largest absolute Gasteiger partial charge is 0.384 e. The van der Waals surface area contributed by atoms with Crippen LogP contribution in [-0.4, -0.2) is 5.11 Å². The molecular weight excluding hydrogens is 268 g/mol. The normalized spacial score (nSPS) is 12.7. The zero-order chi connectivity index (χ0) is 16.5. The second-order valence-corrected chi connectivity index (χ2v) is 8.15. The highest BCUT2D eigenvalue weighted by Gasteiger charge is 2.17. The second kappa shape index (κ2) is 5.89. The summed E-state index contributed by atoms with van der Waals surface area (Å²) in [7, 11) is 0. The Labute approximate surface area is 135 Å². The molecular formula is C21H28O. The van der Waals surface area contributed by atoms with Gasteiger partial charge in [-0.3, -0.25) is 0 Å². The maximum Gasteiger partial charge on any atom is 0.104 e. The SMILES string of the molecule is CC(C)(C)c1ccc(C(O)c2ccc(C(C)(C)C)cc2)cc1. The number of rotatable bonds is 2. The molecule has 0 saturated carbocycles. The summed E-state index contributed by atoms with van der Waals surface area (Å²) in [5, 5.41) is 10.6. The van der Waals surface area contributed by atoms with Gasteiger partial charge in [0.05, 0.1) is 0 Å². The maximum atomic E-state index is 10.6. The van der Waals surface area contributed by atoms with Gasteiger partial charge in [0.1, 0.15) is 6.10 Å². The second-order valence-electron chi connectivity index (χ2n) is 8.15. The third-order valence-electron chi connectivity index (χ3n) is 4.18. The van der Waals surface area contributed by atoms with Crippen LogP contribution in [0, 0.1) is 0 Å². The van der Waals surface area contributed by atoms with Crippen molar-refractivity contribution in [3.63, 3.8) is 0 Å². The van der Waals surface area contributed by atoms with Crippen LogP contribution in [0.25, 0.3) is 0 Å². The van der Waals surface area contributed by atoms with Crippen LogP contribution >= 0.6 is 0 Å². The molecule has 0 heterocycles. The van der Waals surface area contributed by atoms with Crippen LogP contribution in [0.5, 0.6) is 0 Å². The predicted molar refractivity (Wildman–Crippen MR) is 94.3 cm³/mol. The Morgan fingerprint density at radius 3 is 1.09 bits per heavy atom. The summed E-state index contributed by atoms with van der Waals surface area (Å²) in [6.07, 6.45) is -0.567. The first-order valence-electron chi connectivity index (χ1n) is 7.98. The number of benzene rings is 2. The van der Waals surface area contributed by atoms with Crippen molar-refractivity contribution < 1.29 is 5.11 Å². The van der Waals surface area contributed by atoms with Gasteiger partial charge in [-0.2, -0.15) is 0 Å². The van der Waals surface area contributed by atoms with Crippen molar-refractivity contribution in [1.82, 2.24) is 0 Å². The fourth-order valence-corrected chi connectivity index (χ4v) is 2.52. The summed E-state index contributed by atoms with van der Waals surface area (Å²) in [5.41, 5.74) is 4.72. The first-order valence-corrected chi connectivity index (χ1v) is 7.98. The van der Waals surface area contributed by atoms with E-state index in [2.05, 4.69) is 65.8 Å². The van der Waals surface area contributed by atoms with Gasteiger partial charge in [-0.15, -0.1) is 0 Å². The zero-order valence-electron chi connectivity index (χ0n) is 14.6. The van der Waals surface area contributed by atoms with E-state index < -0.39 is 6.10 Å². The van der Waals surface area contributed by atoms with Gasteiger partial charge in [0.15, 0.2) is 0 Å². The number of hydrogen-bond acceptors (Lipinski definition) is 1. The van der Waals surface area contributed by atoms with E-state index in [0.717, 1.165) is 11.1 Å². The fraction of sp³-hybridized carbons (Fsp3) is 0.429. The molecule has 1 N–H and O–H groups in total. The lowest BCUT2D eigenvalue weighted by Crippen LogP contribution is -2.12. The molecule has 22 heavy (non-hydrogen) atoms. The molecule has 0 fully saturated rings. The molecule has 0 amide bonds. The van der Waals surface area contributed by atoms with Gasteiger partial charge < -0.3 is 5.11 Å². The van der Waals surface area contributed by atoms with Gasteiger partial charge in [-0.05, 0) is 33.1 Å². The number of aliphatic hydroxyl groups excluding tert-OH is 1. The van der Waals surface area contributed by atoms with E-state index >= 15 is 0 Å². The Bertz CT molecular complexity index is 549. The minimum Gasteiger partial charge on any atom is -0.384 e. The lowest BCUT2D eigenvalue weighted by molar-refractivity contribution is 0.220. The van der Waals surface area contributed by atoms with E-state index in [-0.39, 0.29) is 10.8 Å². The van der Waals surface area contributed by atoms with Gasteiger partial charge in [-0.25, -0.2) is 0 Å².